The van der Waals surface area contributed by atoms with E-state index >= 15 is 0 Å². The molecule has 0 radical (unpaired) electrons. The summed E-state index contributed by atoms with van der Waals surface area (Å²) in [4.78, 5) is 27.7. The number of amides is 2. The molecule has 1 fully saturated rings. The summed E-state index contributed by atoms with van der Waals surface area (Å²) in [7, 11) is -2.39. The molecule has 1 aliphatic heterocycles. The van der Waals surface area contributed by atoms with Gasteiger partial charge in [0.1, 0.15) is 5.69 Å². The lowest BCUT2D eigenvalue weighted by Gasteiger charge is -2.35. The predicted octanol–water partition coefficient (Wildman–Crippen LogP) is 2.19. The normalized spacial score (nSPS) is 16.8. The minimum atomic E-state index is -3.94. The van der Waals surface area contributed by atoms with Gasteiger partial charge >= 0.3 is 6.61 Å². The average molecular weight is 550 g/mol. The molecule has 0 spiro atoms. The van der Waals surface area contributed by atoms with Crippen LogP contribution in [0.5, 0.6) is 0 Å². The average Bonchev–Trinajstić information content (AvgIpc) is 3.59. The molecule has 1 aromatic heterocycles. The number of hydrogen-bond acceptors (Lipinski definition) is 7. The summed E-state index contributed by atoms with van der Waals surface area (Å²) in [5.74, 6) is -0.884. The lowest BCUT2D eigenvalue weighted by Crippen LogP contribution is -2.52. The molecule has 1 saturated carbocycles. The predicted molar refractivity (Wildman–Crippen MR) is 132 cm³/mol. The first-order chi connectivity index (χ1) is 17.8. The molecular weight excluding hydrogens is 520 g/mol. The zero-order valence-electron chi connectivity index (χ0n) is 21.3. The highest BCUT2D eigenvalue weighted by atomic mass is 32.2. The number of nitriles is 1. The van der Waals surface area contributed by atoms with E-state index in [4.69, 9.17) is 5.26 Å². The van der Waals surface area contributed by atoms with Crippen molar-refractivity contribution in [3.8, 4) is 6.07 Å². The standard InChI is InChI=1S/C25H29F2N5O5S/c1-24(2,15-37-23(26)27)38(35,36)25(9-10-25)14-32-11-8-18-19(30-31(3)20(18)22(32)34)21(33)29-13-17-6-4-16(12-28)5-7-17/h4-7,23H,8-11,13-15H2,1-3H3,(H,29,33). The smallest absolute Gasteiger partial charge is 0.345 e. The highest BCUT2D eigenvalue weighted by molar-refractivity contribution is 7.94. The van der Waals surface area contributed by atoms with Crippen LogP contribution in [-0.2, 0) is 34.6 Å². The van der Waals surface area contributed by atoms with Crippen molar-refractivity contribution in [3.63, 3.8) is 0 Å². The minimum absolute atomic E-state index is 0.0723. The van der Waals surface area contributed by atoms with Crippen LogP contribution >= 0.6 is 0 Å². The van der Waals surface area contributed by atoms with E-state index in [0.29, 0.717) is 30.4 Å². The van der Waals surface area contributed by atoms with Crippen LogP contribution in [0.2, 0.25) is 0 Å². The molecule has 2 aliphatic rings. The summed E-state index contributed by atoms with van der Waals surface area (Å²) >= 11 is 0. The van der Waals surface area contributed by atoms with E-state index in [2.05, 4.69) is 15.2 Å². The second kappa shape index (κ2) is 10.1. The van der Waals surface area contributed by atoms with Crippen molar-refractivity contribution in [1.82, 2.24) is 20.0 Å². The van der Waals surface area contributed by atoms with Crippen LogP contribution in [0.3, 0.4) is 0 Å². The Morgan fingerprint density at radius 3 is 2.53 bits per heavy atom. The van der Waals surface area contributed by atoms with Crippen molar-refractivity contribution in [2.45, 2.75) is 55.8 Å². The lowest BCUT2D eigenvalue weighted by molar-refractivity contribution is -0.133. The van der Waals surface area contributed by atoms with Crippen LogP contribution in [0.1, 0.15) is 64.4 Å². The van der Waals surface area contributed by atoms with Gasteiger partial charge in [-0.1, -0.05) is 12.1 Å². The maximum absolute atomic E-state index is 13.4. The highest BCUT2D eigenvalue weighted by Gasteiger charge is 2.61. The van der Waals surface area contributed by atoms with Crippen molar-refractivity contribution in [2.75, 3.05) is 19.7 Å². The molecule has 0 unspecified atom stereocenters. The van der Waals surface area contributed by atoms with Crippen molar-refractivity contribution < 1.29 is 31.5 Å². The Bertz CT molecular complexity index is 1390. The number of sulfone groups is 1. The van der Waals surface area contributed by atoms with E-state index in [9.17, 15) is 26.8 Å². The molecule has 204 valence electrons. The third-order valence-corrected chi connectivity index (χ3v) is 10.4. The molecule has 1 N–H and O–H groups in total. The van der Waals surface area contributed by atoms with Crippen LogP contribution in [0.25, 0.3) is 0 Å². The van der Waals surface area contributed by atoms with Gasteiger partial charge in [0.2, 0.25) is 0 Å². The Morgan fingerprint density at radius 1 is 1.29 bits per heavy atom. The zero-order chi connectivity index (χ0) is 27.9. The van der Waals surface area contributed by atoms with Crippen LogP contribution in [0, 0.1) is 11.3 Å². The van der Waals surface area contributed by atoms with E-state index in [-0.39, 0.29) is 31.0 Å². The monoisotopic (exact) mass is 549 g/mol. The number of fused-ring (bicyclic) bond motifs is 1. The first-order valence-electron chi connectivity index (χ1n) is 12.1. The number of halogens is 2. The van der Waals surface area contributed by atoms with Gasteiger partial charge in [0.05, 0.1) is 27.7 Å². The van der Waals surface area contributed by atoms with E-state index < -0.39 is 44.4 Å². The molecule has 1 aliphatic carbocycles. The summed E-state index contributed by atoms with van der Waals surface area (Å²) in [5, 5.41) is 16.0. The number of nitrogens with zero attached hydrogens (tertiary/aromatic N) is 4. The Hall–Kier alpha value is -3.37. The summed E-state index contributed by atoms with van der Waals surface area (Å²) in [5.41, 5.74) is 2.14. The first kappa shape index (κ1) is 27.7. The third-order valence-electron chi connectivity index (χ3n) is 7.16. The van der Waals surface area contributed by atoms with E-state index in [1.807, 2.05) is 6.07 Å². The molecule has 38 heavy (non-hydrogen) atoms. The topological polar surface area (TPSA) is 134 Å². The molecule has 0 atom stereocenters. The number of rotatable bonds is 10. The quantitative estimate of drug-likeness (QED) is 0.480. The third kappa shape index (κ3) is 5.02. The number of aryl methyl sites for hydroxylation is 1. The summed E-state index contributed by atoms with van der Waals surface area (Å²) in [6.45, 7) is -0.704. The fraction of sp³-hybridized carbons (Fsp3) is 0.520. The lowest BCUT2D eigenvalue weighted by atomic mass is 10.0. The van der Waals surface area contributed by atoms with Crippen molar-refractivity contribution in [3.05, 3.63) is 52.3 Å². The van der Waals surface area contributed by atoms with Crippen LogP contribution in [0.4, 0.5) is 8.78 Å². The van der Waals surface area contributed by atoms with Crippen molar-refractivity contribution >= 4 is 21.7 Å². The van der Waals surface area contributed by atoms with Crippen LogP contribution in [-0.4, -0.2) is 70.7 Å². The van der Waals surface area contributed by atoms with Gasteiger partial charge in [-0.15, -0.1) is 0 Å². The number of nitrogens with one attached hydrogen (secondary N) is 1. The van der Waals surface area contributed by atoms with Crippen LogP contribution < -0.4 is 5.32 Å². The zero-order valence-corrected chi connectivity index (χ0v) is 22.1. The van der Waals surface area contributed by atoms with Crippen LogP contribution in [0.15, 0.2) is 24.3 Å². The minimum Gasteiger partial charge on any atom is -0.347 e. The number of carbonyl (C=O) groups is 2. The SMILES string of the molecule is Cn1nc(C(=O)NCc2ccc(C#N)cc2)c2c1C(=O)N(CC1(S(=O)(=O)C(C)(C)COC(F)F)CC1)CC2. The second-order valence-corrected chi connectivity index (χ2v) is 13.3. The fourth-order valence-electron chi connectivity index (χ4n) is 4.79. The first-order valence-corrected chi connectivity index (χ1v) is 13.6. The molecule has 2 heterocycles. The summed E-state index contributed by atoms with van der Waals surface area (Å²) < 4.78 is 54.8. The Morgan fingerprint density at radius 2 is 1.95 bits per heavy atom. The van der Waals surface area contributed by atoms with Gasteiger partial charge in [0, 0.05) is 32.2 Å². The number of aromatic nitrogens is 2. The van der Waals surface area contributed by atoms with Gasteiger partial charge in [-0.25, -0.2) is 8.42 Å². The number of ether oxygens (including phenoxy) is 1. The van der Waals surface area contributed by atoms with E-state index in [1.54, 1.807) is 31.3 Å². The van der Waals surface area contributed by atoms with Gasteiger partial charge in [-0.3, -0.25) is 14.3 Å². The largest absolute Gasteiger partial charge is 0.347 e. The van der Waals surface area contributed by atoms with Gasteiger partial charge in [-0.05, 0) is 50.8 Å². The molecule has 13 heteroatoms. The Labute approximate surface area is 219 Å². The van der Waals surface area contributed by atoms with E-state index in [0.717, 1.165) is 5.56 Å². The summed E-state index contributed by atoms with van der Waals surface area (Å²) in [6.07, 6.45) is 0.944. The highest BCUT2D eigenvalue weighted by Crippen LogP contribution is 2.49. The number of carbonyl (C=O) groups excluding carboxylic acids is 2. The number of alkyl halides is 2. The molecule has 1 aromatic carbocycles. The maximum Gasteiger partial charge on any atom is 0.345 e. The molecule has 2 amide bonds. The van der Waals surface area contributed by atoms with Crippen molar-refractivity contribution in [2.24, 2.45) is 7.05 Å². The van der Waals surface area contributed by atoms with Gasteiger partial charge < -0.3 is 15.0 Å². The number of benzene rings is 1. The molecule has 0 saturated heterocycles. The van der Waals surface area contributed by atoms with Gasteiger partial charge in [0.25, 0.3) is 11.8 Å². The second-order valence-electron chi connectivity index (χ2n) is 10.3. The maximum atomic E-state index is 13.4. The van der Waals surface area contributed by atoms with Gasteiger partial charge in [0.15, 0.2) is 15.5 Å². The van der Waals surface area contributed by atoms with Crippen molar-refractivity contribution in [1.29, 1.82) is 5.26 Å². The molecule has 10 nitrogen and oxygen atoms in total. The molecular formula is C25H29F2N5O5S. The molecule has 2 aromatic rings. The fourth-order valence-corrected chi connectivity index (χ4v) is 7.15. The number of hydrogen-bond donors (Lipinski definition) is 1. The molecule has 4 rings (SSSR count). The van der Waals surface area contributed by atoms with E-state index in [1.165, 1.54) is 23.4 Å². The van der Waals surface area contributed by atoms with Gasteiger partial charge in [-0.2, -0.15) is 19.1 Å². The molecule has 0 bridgehead atoms. The Kier molecular flexibility index (Phi) is 7.33. The Balaban J connectivity index is 1.47. The summed E-state index contributed by atoms with van der Waals surface area (Å²) in [6, 6.07) is 8.80.